The molecule has 7 heteroatoms. The third-order valence-corrected chi connectivity index (χ3v) is 6.85. The highest BCUT2D eigenvalue weighted by molar-refractivity contribution is 9.10. The van der Waals surface area contributed by atoms with Gasteiger partial charge in [-0.05, 0) is 46.8 Å². The first kappa shape index (κ1) is 14.8. The second kappa shape index (κ2) is 5.11. The Hall–Kier alpha value is -0.780. The number of hydrogen-bond acceptors (Lipinski definition) is 3. The molecule has 22 heavy (non-hydrogen) atoms. The summed E-state index contributed by atoms with van der Waals surface area (Å²) >= 11 is 15.5. The van der Waals surface area contributed by atoms with Crippen LogP contribution in [0.2, 0.25) is 10.0 Å². The van der Waals surface area contributed by atoms with Crippen LogP contribution < -0.4 is 5.32 Å². The van der Waals surface area contributed by atoms with Crippen molar-refractivity contribution in [3.63, 3.8) is 0 Å². The molecule has 1 amide bonds. The number of hydrogen-bond donors (Lipinski definition) is 1. The van der Waals surface area contributed by atoms with Gasteiger partial charge in [0.2, 0.25) is 5.91 Å². The van der Waals surface area contributed by atoms with Crippen LogP contribution in [0.5, 0.6) is 0 Å². The number of ether oxygens (including phenoxy) is 1. The Labute approximate surface area is 145 Å². The average molecular weight is 405 g/mol. The fourth-order valence-electron chi connectivity index (χ4n) is 4.20. The van der Waals surface area contributed by atoms with Crippen molar-refractivity contribution >= 4 is 56.7 Å². The first-order chi connectivity index (χ1) is 10.5. The average Bonchev–Trinajstić information content (AvgIpc) is 3.09. The Balaban J connectivity index is 1.59. The van der Waals surface area contributed by atoms with Crippen molar-refractivity contribution in [3.05, 3.63) is 26.7 Å². The van der Waals surface area contributed by atoms with Crippen LogP contribution in [-0.4, -0.2) is 18.0 Å². The predicted molar refractivity (Wildman–Crippen MR) is 85.9 cm³/mol. The van der Waals surface area contributed by atoms with Crippen molar-refractivity contribution < 1.29 is 14.3 Å². The lowest BCUT2D eigenvalue weighted by Crippen LogP contribution is -2.35. The summed E-state index contributed by atoms with van der Waals surface area (Å²) in [5, 5.41) is 3.47. The number of carbonyl (C=O) groups is 2. The predicted octanol–water partition coefficient (Wildman–Crippen LogP) is 3.89. The minimum atomic E-state index is -0.324. The fourth-order valence-corrected chi connectivity index (χ4v) is 5.02. The van der Waals surface area contributed by atoms with Crippen molar-refractivity contribution in [2.45, 2.75) is 18.9 Å². The molecule has 1 aromatic carbocycles. The van der Waals surface area contributed by atoms with Gasteiger partial charge in [-0.25, -0.2) is 0 Å². The van der Waals surface area contributed by atoms with Gasteiger partial charge >= 0.3 is 5.97 Å². The Morgan fingerprint density at radius 2 is 2.05 bits per heavy atom. The molecule has 0 spiro atoms. The number of benzene rings is 1. The highest BCUT2D eigenvalue weighted by Gasteiger charge is 2.63. The van der Waals surface area contributed by atoms with E-state index in [1.165, 1.54) is 0 Å². The maximum atomic E-state index is 12.7. The molecule has 116 valence electrons. The zero-order valence-electron chi connectivity index (χ0n) is 11.3. The maximum absolute atomic E-state index is 12.7. The van der Waals surface area contributed by atoms with Crippen LogP contribution in [-0.2, 0) is 14.3 Å². The molecule has 0 radical (unpaired) electrons. The van der Waals surface area contributed by atoms with E-state index in [9.17, 15) is 9.59 Å². The first-order valence-corrected chi connectivity index (χ1v) is 8.67. The van der Waals surface area contributed by atoms with Crippen LogP contribution in [0.1, 0.15) is 12.8 Å². The van der Waals surface area contributed by atoms with Gasteiger partial charge in [-0.15, -0.1) is 0 Å². The summed E-state index contributed by atoms with van der Waals surface area (Å²) in [5.74, 6) is -0.596. The third kappa shape index (κ3) is 2.02. The minimum absolute atomic E-state index is 0.0252. The maximum Gasteiger partial charge on any atom is 0.310 e. The largest absolute Gasteiger partial charge is 0.462 e. The zero-order valence-corrected chi connectivity index (χ0v) is 14.4. The normalized spacial score (nSPS) is 34.9. The second-order valence-electron chi connectivity index (χ2n) is 6.13. The Morgan fingerprint density at radius 3 is 2.82 bits per heavy atom. The lowest BCUT2D eigenvalue weighted by molar-refractivity contribution is -0.145. The van der Waals surface area contributed by atoms with Crippen molar-refractivity contribution in [1.82, 2.24) is 0 Å². The van der Waals surface area contributed by atoms with E-state index in [0.717, 1.165) is 12.8 Å². The van der Waals surface area contributed by atoms with E-state index < -0.39 is 0 Å². The zero-order chi connectivity index (χ0) is 15.6. The highest BCUT2D eigenvalue weighted by Crippen LogP contribution is 2.57. The molecule has 1 saturated heterocycles. The molecule has 4 rings (SSSR count). The van der Waals surface area contributed by atoms with Crippen LogP contribution >= 0.6 is 39.1 Å². The summed E-state index contributed by atoms with van der Waals surface area (Å²) in [6.07, 6.45) is 1.71. The van der Waals surface area contributed by atoms with Crippen LogP contribution in [0.4, 0.5) is 5.69 Å². The number of esters is 1. The van der Waals surface area contributed by atoms with E-state index in [4.69, 9.17) is 27.9 Å². The summed E-state index contributed by atoms with van der Waals surface area (Å²) in [6, 6.07) is 3.42. The topological polar surface area (TPSA) is 55.4 Å². The third-order valence-electron chi connectivity index (χ3n) is 5.08. The number of halogens is 3. The summed E-state index contributed by atoms with van der Waals surface area (Å²) in [6.45, 7) is 0. The van der Waals surface area contributed by atoms with Crippen molar-refractivity contribution in [2.75, 3.05) is 5.32 Å². The van der Waals surface area contributed by atoms with E-state index in [-0.39, 0.29) is 41.7 Å². The first-order valence-electron chi connectivity index (χ1n) is 7.12. The van der Waals surface area contributed by atoms with Crippen molar-refractivity contribution in [3.8, 4) is 0 Å². The standard InChI is InChI=1S/C15H12BrCl2NO3/c16-7-1-2-8(13(18)12(7)17)19-14(20)10-5-3-6-9(4-5)22-15(21)11(6)10/h1-2,5-6,9-11H,3-4H2,(H,19,20)/t5-,6+,9-,10-,11+/m1/s1. The van der Waals surface area contributed by atoms with Crippen molar-refractivity contribution in [2.24, 2.45) is 23.7 Å². The molecule has 5 atom stereocenters. The number of rotatable bonds is 2. The molecule has 0 aromatic heterocycles. The quantitative estimate of drug-likeness (QED) is 0.600. The van der Waals surface area contributed by atoms with Crippen molar-refractivity contribution in [1.29, 1.82) is 0 Å². The molecule has 3 fully saturated rings. The van der Waals surface area contributed by atoms with Crippen LogP contribution in [0, 0.1) is 23.7 Å². The summed E-state index contributed by atoms with van der Waals surface area (Å²) in [7, 11) is 0. The smallest absolute Gasteiger partial charge is 0.310 e. The number of anilines is 1. The van der Waals surface area contributed by atoms with Gasteiger partial charge in [0.05, 0.1) is 27.6 Å². The summed E-state index contributed by atoms with van der Waals surface area (Å²) < 4.78 is 6.02. The molecule has 2 aliphatic carbocycles. The van der Waals surface area contributed by atoms with Gasteiger partial charge in [0.15, 0.2) is 0 Å². The summed E-state index contributed by atoms with van der Waals surface area (Å²) in [5.41, 5.74) is 0.463. The molecule has 4 nitrogen and oxygen atoms in total. The molecule has 2 saturated carbocycles. The molecule has 3 aliphatic rings. The highest BCUT2D eigenvalue weighted by atomic mass is 79.9. The Morgan fingerprint density at radius 1 is 1.27 bits per heavy atom. The van der Waals surface area contributed by atoms with Gasteiger partial charge in [-0.2, -0.15) is 0 Å². The van der Waals surface area contributed by atoms with E-state index in [0.29, 0.717) is 20.2 Å². The van der Waals surface area contributed by atoms with E-state index in [2.05, 4.69) is 21.2 Å². The molecular formula is C15H12BrCl2NO3. The van der Waals surface area contributed by atoms with Gasteiger partial charge in [0, 0.05) is 10.4 Å². The monoisotopic (exact) mass is 403 g/mol. The molecule has 1 aliphatic heterocycles. The number of amides is 1. The van der Waals surface area contributed by atoms with E-state index in [1.807, 2.05) is 0 Å². The van der Waals surface area contributed by atoms with Gasteiger partial charge in [0.25, 0.3) is 0 Å². The van der Waals surface area contributed by atoms with Gasteiger partial charge < -0.3 is 10.1 Å². The van der Waals surface area contributed by atoms with Gasteiger partial charge in [-0.3, -0.25) is 9.59 Å². The van der Waals surface area contributed by atoms with E-state index in [1.54, 1.807) is 12.1 Å². The summed E-state index contributed by atoms with van der Waals surface area (Å²) in [4.78, 5) is 24.6. The Kier molecular flexibility index (Phi) is 3.44. The van der Waals surface area contributed by atoms with Crippen LogP contribution in [0.15, 0.2) is 16.6 Å². The molecular weight excluding hydrogens is 393 g/mol. The van der Waals surface area contributed by atoms with Crippen LogP contribution in [0.25, 0.3) is 0 Å². The molecule has 1 N–H and O–H groups in total. The van der Waals surface area contributed by atoms with Crippen LogP contribution in [0.3, 0.4) is 0 Å². The lowest BCUT2D eigenvalue weighted by Gasteiger charge is -2.23. The Bertz CT molecular complexity index is 694. The lowest BCUT2D eigenvalue weighted by atomic mass is 9.79. The van der Waals surface area contributed by atoms with Gasteiger partial charge in [0.1, 0.15) is 6.10 Å². The SMILES string of the molecule is O=C(Nc1ccc(Br)c(Cl)c1Cl)[C@@H]1[C@@H]2C[C@@H]3[C@@H]1C(=O)O[C@@H]3C2. The minimum Gasteiger partial charge on any atom is -0.462 e. The number of fused-ring (bicyclic) bond motifs is 1. The second-order valence-corrected chi connectivity index (χ2v) is 7.74. The molecule has 2 bridgehead atoms. The molecule has 1 heterocycles. The fraction of sp³-hybridized carbons (Fsp3) is 0.467. The molecule has 0 unspecified atom stereocenters. The molecule has 1 aromatic rings. The van der Waals surface area contributed by atoms with E-state index >= 15 is 0 Å². The number of nitrogens with one attached hydrogen (secondary N) is 1. The van der Waals surface area contributed by atoms with Gasteiger partial charge in [-0.1, -0.05) is 23.2 Å². The number of carbonyl (C=O) groups excluding carboxylic acids is 2.